The average Bonchev–Trinajstić information content (AvgIpc) is 2.96. The number of benzene rings is 2. The predicted molar refractivity (Wildman–Crippen MR) is 119 cm³/mol. The van der Waals surface area contributed by atoms with Gasteiger partial charge in [0.2, 0.25) is 0 Å². The van der Waals surface area contributed by atoms with Gasteiger partial charge in [-0.05, 0) is 72.6 Å². The normalized spacial score (nSPS) is 14.1. The summed E-state index contributed by atoms with van der Waals surface area (Å²) in [7, 11) is 8.91. The third-order valence-electron chi connectivity index (χ3n) is 4.98. The molecule has 0 aromatic heterocycles. The second-order valence-corrected chi connectivity index (χ2v) is 11.2. The van der Waals surface area contributed by atoms with Gasteiger partial charge in [-0.2, -0.15) is 4.74 Å². The number of imide groups is 1. The number of amides is 3. The Morgan fingerprint density at radius 3 is 1.77 bits per heavy atom. The molecule has 1 aliphatic rings. The average molecular weight is 427 g/mol. The second-order valence-electron chi connectivity index (χ2n) is 7.53. The number of carbonyl (C=O) groups excluding carboxylic acids is 3. The van der Waals surface area contributed by atoms with Crippen molar-refractivity contribution < 1.29 is 14.4 Å². The molecule has 0 aliphatic carbocycles. The number of hydrogen-bond acceptors (Lipinski definition) is 3. The van der Waals surface area contributed by atoms with Crippen molar-refractivity contribution in [3.05, 3.63) is 65.2 Å². The Morgan fingerprint density at radius 1 is 0.800 bits per heavy atom. The van der Waals surface area contributed by atoms with E-state index in [0.29, 0.717) is 22.4 Å². The van der Waals surface area contributed by atoms with Gasteiger partial charge in [0.05, 0.1) is 16.8 Å². The third kappa shape index (κ3) is 3.52. The number of fused-ring (bicyclic) bond motifs is 1. The molecule has 0 unspecified atom stereocenters. The number of anilines is 1. The highest BCUT2D eigenvalue weighted by Crippen LogP contribution is 2.55. The van der Waals surface area contributed by atoms with Gasteiger partial charge in [0.15, 0.2) is 7.51 Å². The van der Waals surface area contributed by atoms with Crippen molar-refractivity contribution >= 4 is 30.9 Å². The molecule has 0 radical (unpaired) electrons. The van der Waals surface area contributed by atoms with Crippen LogP contribution in [0.4, 0.5) is 5.69 Å². The van der Waals surface area contributed by atoms with Gasteiger partial charge in [-0.15, -0.1) is 0 Å². The van der Waals surface area contributed by atoms with Gasteiger partial charge in [-0.1, -0.05) is 18.2 Å². The van der Waals surface area contributed by atoms with Gasteiger partial charge in [-0.3, -0.25) is 28.4 Å². The first-order valence-corrected chi connectivity index (χ1v) is 11.0. The van der Waals surface area contributed by atoms with Crippen molar-refractivity contribution in [2.75, 3.05) is 47.2 Å². The van der Waals surface area contributed by atoms with Gasteiger partial charge in [-0.25, -0.2) is 4.90 Å². The topological polar surface area (TPSA) is 76.5 Å². The van der Waals surface area contributed by atoms with Crippen molar-refractivity contribution in [1.82, 2.24) is 14.0 Å². The quantitative estimate of drug-likeness (QED) is 0.539. The van der Waals surface area contributed by atoms with E-state index in [1.807, 2.05) is 56.3 Å². The van der Waals surface area contributed by atoms with Crippen LogP contribution >= 0.6 is 7.51 Å². The summed E-state index contributed by atoms with van der Waals surface area (Å²) >= 11 is 0. The van der Waals surface area contributed by atoms with E-state index in [4.69, 9.17) is 0 Å². The summed E-state index contributed by atoms with van der Waals surface area (Å²) in [6.07, 6.45) is 0. The molecule has 8 nitrogen and oxygen atoms in total. The zero-order valence-electron chi connectivity index (χ0n) is 18.0. The maximum Gasteiger partial charge on any atom is 0.279 e. The lowest BCUT2D eigenvalue weighted by atomic mass is 10.1. The van der Waals surface area contributed by atoms with Crippen molar-refractivity contribution in [3.8, 4) is 0 Å². The van der Waals surface area contributed by atoms with Crippen LogP contribution in [0.1, 0.15) is 31.1 Å². The third-order valence-corrected chi connectivity index (χ3v) is 8.65. The minimum atomic E-state index is -2.42. The van der Waals surface area contributed by atoms with Crippen LogP contribution in [-0.4, -0.2) is 74.0 Å². The van der Waals surface area contributed by atoms with Crippen LogP contribution in [0, 0.1) is 0 Å². The summed E-state index contributed by atoms with van der Waals surface area (Å²) in [4.78, 5) is 39.8. The lowest BCUT2D eigenvalue weighted by Gasteiger charge is -2.40. The van der Waals surface area contributed by atoms with Crippen LogP contribution in [0.5, 0.6) is 0 Å². The Balaban J connectivity index is 2.03. The summed E-state index contributed by atoms with van der Waals surface area (Å²) in [5.74, 6) is -1.19. The Morgan fingerprint density at radius 2 is 1.30 bits per heavy atom. The molecule has 1 heterocycles. The SMILES string of the molecule is CN(C)P(=NC(=O)c1cccc(N2C(=O)c3ccccc3C2=O)c1)(N(C)C)N(C)C. The lowest BCUT2D eigenvalue weighted by Crippen LogP contribution is -2.31. The highest BCUT2D eigenvalue weighted by molar-refractivity contribution is 7.59. The summed E-state index contributed by atoms with van der Waals surface area (Å²) in [5.41, 5.74) is 1.40. The highest BCUT2D eigenvalue weighted by atomic mass is 31.2. The lowest BCUT2D eigenvalue weighted by molar-refractivity contribution is 0.0923. The molecule has 2 aromatic rings. The van der Waals surface area contributed by atoms with Crippen LogP contribution in [0.25, 0.3) is 0 Å². The number of hydrogen-bond donors (Lipinski definition) is 0. The van der Waals surface area contributed by atoms with Gasteiger partial charge in [0.25, 0.3) is 17.7 Å². The standard InChI is InChI=1S/C21H26N5O3P/c1-23(2)30(24(3)4,25(5)6)22-19(27)15-10-9-11-16(14-15)26-20(28)17-12-7-8-13-18(17)21(26)29/h7-14H,1-6H3. The zero-order valence-corrected chi connectivity index (χ0v) is 18.9. The molecular formula is C21H26N5O3P. The smallest absolute Gasteiger partial charge is 0.268 e. The minimum Gasteiger partial charge on any atom is -0.268 e. The molecule has 3 rings (SSSR count). The molecule has 0 atom stereocenters. The van der Waals surface area contributed by atoms with E-state index in [2.05, 4.69) is 4.74 Å². The van der Waals surface area contributed by atoms with Gasteiger partial charge < -0.3 is 0 Å². The molecule has 0 saturated heterocycles. The Kier molecular flexibility index (Phi) is 6.06. The number of carbonyl (C=O) groups is 3. The first-order valence-electron chi connectivity index (χ1n) is 9.39. The molecule has 0 fully saturated rings. The van der Waals surface area contributed by atoms with E-state index in [9.17, 15) is 14.4 Å². The molecule has 0 spiro atoms. The van der Waals surface area contributed by atoms with Crippen molar-refractivity contribution in [3.63, 3.8) is 0 Å². The monoisotopic (exact) mass is 427 g/mol. The zero-order chi connectivity index (χ0) is 22.2. The van der Waals surface area contributed by atoms with Gasteiger partial charge >= 0.3 is 0 Å². The van der Waals surface area contributed by atoms with E-state index in [1.54, 1.807) is 48.5 Å². The summed E-state index contributed by atoms with van der Waals surface area (Å²) in [6, 6.07) is 13.2. The molecule has 2 aromatic carbocycles. The van der Waals surface area contributed by atoms with Crippen molar-refractivity contribution in [1.29, 1.82) is 0 Å². The number of rotatable bonds is 5. The van der Waals surface area contributed by atoms with E-state index in [-0.39, 0.29) is 0 Å². The van der Waals surface area contributed by atoms with E-state index in [1.165, 1.54) is 0 Å². The fraction of sp³-hybridized carbons (Fsp3) is 0.286. The van der Waals surface area contributed by atoms with Gasteiger partial charge in [0.1, 0.15) is 0 Å². The maximum atomic E-state index is 13.1. The fourth-order valence-corrected chi connectivity index (χ4v) is 6.77. The first kappa shape index (κ1) is 22.1. The van der Waals surface area contributed by atoms with Crippen LogP contribution < -0.4 is 4.90 Å². The highest BCUT2D eigenvalue weighted by Gasteiger charge is 2.36. The van der Waals surface area contributed by atoms with Gasteiger partial charge in [0, 0.05) is 5.56 Å². The molecule has 3 amide bonds. The second kappa shape index (κ2) is 8.24. The summed E-state index contributed by atoms with van der Waals surface area (Å²) in [5, 5.41) is 0. The predicted octanol–water partition coefficient (Wildman–Crippen LogP) is 3.26. The molecule has 9 heteroatoms. The minimum absolute atomic E-state index is 0.319. The fourth-order valence-electron chi connectivity index (χ4n) is 3.72. The Labute approximate surface area is 176 Å². The van der Waals surface area contributed by atoms with Crippen LogP contribution in [0.15, 0.2) is 53.3 Å². The van der Waals surface area contributed by atoms with Crippen LogP contribution in [0.2, 0.25) is 0 Å². The maximum absolute atomic E-state index is 13.1. The van der Waals surface area contributed by atoms with E-state index >= 15 is 0 Å². The molecule has 1 aliphatic heterocycles. The summed E-state index contributed by atoms with van der Waals surface area (Å²) in [6.45, 7) is 0. The number of nitrogens with zero attached hydrogens (tertiary/aromatic N) is 5. The Hall–Kier alpha value is -2.64. The first-order chi connectivity index (χ1) is 14.1. The summed E-state index contributed by atoms with van der Waals surface area (Å²) < 4.78 is 10.4. The van der Waals surface area contributed by atoms with Crippen LogP contribution in [-0.2, 0) is 0 Å². The molecule has 0 bridgehead atoms. The van der Waals surface area contributed by atoms with E-state index < -0.39 is 25.2 Å². The van der Waals surface area contributed by atoms with Crippen LogP contribution in [0.3, 0.4) is 0 Å². The molecule has 158 valence electrons. The molecule has 30 heavy (non-hydrogen) atoms. The van der Waals surface area contributed by atoms with Crippen molar-refractivity contribution in [2.45, 2.75) is 0 Å². The Bertz CT molecular complexity index is 1010. The largest absolute Gasteiger partial charge is 0.279 e. The van der Waals surface area contributed by atoms with Crippen molar-refractivity contribution in [2.24, 2.45) is 4.74 Å². The molecular weight excluding hydrogens is 401 g/mol. The van der Waals surface area contributed by atoms with E-state index in [0.717, 1.165) is 4.90 Å². The molecule has 0 saturated carbocycles. The molecule has 0 N–H and O–H groups in total.